The Bertz CT molecular complexity index is 587. The number of alkyl halides is 3. The molecule has 1 aromatic carbocycles. The van der Waals surface area contributed by atoms with Crippen molar-refractivity contribution in [3.63, 3.8) is 0 Å². The zero-order valence-corrected chi connectivity index (χ0v) is 11.3. The van der Waals surface area contributed by atoms with E-state index < -0.39 is 11.9 Å². The smallest absolute Gasteiger partial charge is 0.381 e. The maximum atomic E-state index is 12.4. The summed E-state index contributed by atoms with van der Waals surface area (Å²) in [6.07, 6.45) is -1.15. The van der Waals surface area contributed by atoms with Gasteiger partial charge in [0.2, 0.25) is 0 Å². The number of benzene rings is 1. The molecule has 0 radical (unpaired) electrons. The summed E-state index contributed by atoms with van der Waals surface area (Å²) in [7, 11) is 0. The van der Waals surface area contributed by atoms with Crippen LogP contribution in [0.2, 0.25) is 0 Å². The van der Waals surface area contributed by atoms with Crippen molar-refractivity contribution in [3.8, 4) is 0 Å². The van der Waals surface area contributed by atoms with Crippen molar-refractivity contribution in [2.75, 3.05) is 5.32 Å². The van der Waals surface area contributed by atoms with Crippen LogP contribution >= 0.6 is 0 Å². The minimum Gasteiger partial charge on any atom is -0.381 e. The molecule has 3 rings (SSSR count). The third-order valence-electron chi connectivity index (χ3n) is 3.83. The van der Waals surface area contributed by atoms with E-state index in [1.165, 1.54) is 17.8 Å². The lowest BCUT2D eigenvalue weighted by molar-refractivity contribution is -0.141. The molecule has 1 aliphatic rings. The van der Waals surface area contributed by atoms with Gasteiger partial charge in [0.1, 0.15) is 5.69 Å². The van der Waals surface area contributed by atoms with Gasteiger partial charge in [-0.15, -0.1) is 0 Å². The van der Waals surface area contributed by atoms with E-state index in [4.69, 9.17) is 0 Å². The van der Waals surface area contributed by atoms with E-state index in [9.17, 15) is 13.2 Å². The molecule has 110 valence electrons. The van der Waals surface area contributed by atoms with Crippen molar-refractivity contribution < 1.29 is 13.2 Å². The van der Waals surface area contributed by atoms with Crippen molar-refractivity contribution in [2.45, 2.75) is 31.0 Å². The summed E-state index contributed by atoms with van der Waals surface area (Å²) in [5.41, 5.74) is 1.10. The first-order valence-electron chi connectivity index (χ1n) is 6.87. The summed E-state index contributed by atoms with van der Waals surface area (Å²) in [6.45, 7) is 0. The van der Waals surface area contributed by atoms with Crippen LogP contribution in [0.5, 0.6) is 0 Å². The van der Waals surface area contributed by atoms with Gasteiger partial charge in [-0.1, -0.05) is 30.3 Å². The molecule has 0 atom stereocenters. The van der Waals surface area contributed by atoms with Crippen LogP contribution < -0.4 is 5.32 Å². The highest BCUT2D eigenvalue weighted by molar-refractivity contribution is 5.43. The minimum atomic E-state index is -4.38. The Morgan fingerprint density at radius 2 is 1.71 bits per heavy atom. The zero-order chi connectivity index (χ0) is 14.9. The average molecular weight is 292 g/mol. The van der Waals surface area contributed by atoms with Gasteiger partial charge in [0, 0.05) is 6.04 Å². The fraction of sp³-hybridized carbons (Fsp3) is 0.312. The van der Waals surface area contributed by atoms with Crippen LogP contribution in [-0.4, -0.2) is 11.0 Å². The van der Waals surface area contributed by atoms with E-state index in [-0.39, 0.29) is 0 Å². The van der Waals surface area contributed by atoms with Gasteiger partial charge in [0.25, 0.3) is 0 Å². The van der Waals surface area contributed by atoms with E-state index in [1.807, 2.05) is 18.2 Å². The van der Waals surface area contributed by atoms with Gasteiger partial charge in [0.15, 0.2) is 0 Å². The Hall–Kier alpha value is -2.04. The Morgan fingerprint density at radius 1 is 1.00 bits per heavy atom. The zero-order valence-electron chi connectivity index (χ0n) is 11.3. The van der Waals surface area contributed by atoms with Crippen molar-refractivity contribution in [2.24, 2.45) is 0 Å². The monoisotopic (exact) mass is 292 g/mol. The summed E-state index contributed by atoms with van der Waals surface area (Å²) >= 11 is 0. The quantitative estimate of drug-likeness (QED) is 0.903. The molecule has 1 aromatic heterocycles. The number of nitrogens with one attached hydrogen (secondary N) is 1. The number of pyridine rings is 1. The SMILES string of the molecule is FC(F)(F)c1ccc(NC2CC(c3ccccc3)C2)cn1. The fourth-order valence-electron chi connectivity index (χ4n) is 2.62. The summed E-state index contributed by atoms with van der Waals surface area (Å²) in [5.74, 6) is 0.533. The molecule has 0 spiro atoms. The van der Waals surface area contributed by atoms with Gasteiger partial charge in [-0.3, -0.25) is 0 Å². The second kappa shape index (κ2) is 5.39. The lowest BCUT2D eigenvalue weighted by Crippen LogP contribution is -2.34. The molecule has 1 saturated carbocycles. The summed E-state index contributed by atoms with van der Waals surface area (Å²) in [4.78, 5) is 3.45. The second-order valence-electron chi connectivity index (χ2n) is 5.35. The van der Waals surface area contributed by atoms with Gasteiger partial charge in [-0.05, 0) is 36.5 Å². The Balaban J connectivity index is 1.55. The van der Waals surface area contributed by atoms with Gasteiger partial charge < -0.3 is 5.32 Å². The molecule has 0 unspecified atom stereocenters. The molecule has 5 heteroatoms. The standard InChI is InChI=1S/C16H15F3N2/c17-16(18,19)15-7-6-13(10-20-15)21-14-8-12(9-14)11-4-2-1-3-5-11/h1-7,10,12,14,21H,8-9H2. The maximum absolute atomic E-state index is 12.4. The summed E-state index contributed by atoms with van der Waals surface area (Å²) in [6, 6.07) is 13.0. The third kappa shape index (κ3) is 3.17. The molecule has 0 amide bonds. The molecular weight excluding hydrogens is 277 g/mol. The first-order valence-corrected chi connectivity index (χ1v) is 6.87. The number of hydrogen-bond donors (Lipinski definition) is 1. The van der Waals surface area contributed by atoms with Crippen LogP contribution in [0, 0.1) is 0 Å². The van der Waals surface area contributed by atoms with E-state index >= 15 is 0 Å². The van der Waals surface area contributed by atoms with Gasteiger partial charge in [-0.25, -0.2) is 4.98 Å². The molecule has 21 heavy (non-hydrogen) atoms. The summed E-state index contributed by atoms with van der Waals surface area (Å²) < 4.78 is 37.2. The maximum Gasteiger partial charge on any atom is 0.433 e. The number of rotatable bonds is 3. The van der Waals surface area contributed by atoms with Gasteiger partial charge in [-0.2, -0.15) is 13.2 Å². The topological polar surface area (TPSA) is 24.9 Å². The summed E-state index contributed by atoms with van der Waals surface area (Å²) in [5, 5.41) is 3.23. The Labute approximate surface area is 121 Å². The van der Waals surface area contributed by atoms with E-state index in [0.29, 0.717) is 17.6 Å². The van der Waals surface area contributed by atoms with Crippen LogP contribution in [0.1, 0.15) is 30.0 Å². The normalized spacial score (nSPS) is 21.7. The number of hydrogen-bond acceptors (Lipinski definition) is 2. The molecule has 2 nitrogen and oxygen atoms in total. The van der Waals surface area contributed by atoms with Crippen LogP contribution in [0.4, 0.5) is 18.9 Å². The van der Waals surface area contributed by atoms with E-state index in [2.05, 4.69) is 22.4 Å². The first kappa shape index (κ1) is 13.9. The Morgan fingerprint density at radius 3 is 2.29 bits per heavy atom. The second-order valence-corrected chi connectivity index (χ2v) is 5.35. The third-order valence-corrected chi connectivity index (χ3v) is 3.83. The fourth-order valence-corrected chi connectivity index (χ4v) is 2.62. The molecule has 0 saturated heterocycles. The van der Waals surface area contributed by atoms with Crippen LogP contribution in [-0.2, 0) is 6.18 Å². The molecule has 0 aliphatic heterocycles. The van der Waals surface area contributed by atoms with Crippen LogP contribution in [0.15, 0.2) is 48.7 Å². The lowest BCUT2D eigenvalue weighted by Gasteiger charge is -2.36. The highest BCUT2D eigenvalue weighted by Gasteiger charge is 2.33. The van der Waals surface area contributed by atoms with Crippen LogP contribution in [0.25, 0.3) is 0 Å². The van der Waals surface area contributed by atoms with Crippen molar-refractivity contribution >= 4 is 5.69 Å². The average Bonchev–Trinajstić information content (AvgIpc) is 2.43. The first-order chi connectivity index (χ1) is 10.0. The van der Waals surface area contributed by atoms with Crippen LogP contribution in [0.3, 0.4) is 0 Å². The number of nitrogens with zero attached hydrogens (tertiary/aromatic N) is 1. The number of anilines is 1. The predicted octanol–water partition coefficient (Wildman–Crippen LogP) is 4.46. The molecular formula is C16H15F3N2. The van der Waals surface area contributed by atoms with Gasteiger partial charge in [0.05, 0.1) is 11.9 Å². The molecule has 0 bridgehead atoms. The highest BCUT2D eigenvalue weighted by atomic mass is 19.4. The molecule has 2 aromatic rings. The lowest BCUT2D eigenvalue weighted by atomic mass is 9.76. The number of halogens is 3. The van der Waals surface area contributed by atoms with Crippen molar-refractivity contribution in [3.05, 3.63) is 59.9 Å². The van der Waals surface area contributed by atoms with Crippen molar-refractivity contribution in [1.29, 1.82) is 0 Å². The molecule has 1 fully saturated rings. The highest BCUT2D eigenvalue weighted by Crippen LogP contribution is 2.38. The number of aromatic nitrogens is 1. The largest absolute Gasteiger partial charge is 0.433 e. The van der Waals surface area contributed by atoms with Crippen molar-refractivity contribution in [1.82, 2.24) is 4.98 Å². The van der Waals surface area contributed by atoms with E-state index in [1.54, 1.807) is 0 Å². The molecule has 1 heterocycles. The molecule has 1 aliphatic carbocycles. The predicted molar refractivity (Wildman–Crippen MR) is 75.1 cm³/mol. The van der Waals surface area contributed by atoms with E-state index in [0.717, 1.165) is 18.9 Å². The van der Waals surface area contributed by atoms with Gasteiger partial charge >= 0.3 is 6.18 Å². The molecule has 1 N–H and O–H groups in total. The Kier molecular flexibility index (Phi) is 3.57. The minimum absolute atomic E-state index is 0.300.